The first-order valence-corrected chi connectivity index (χ1v) is 7.44. The van der Waals surface area contributed by atoms with E-state index in [1.165, 1.54) is 12.1 Å². The summed E-state index contributed by atoms with van der Waals surface area (Å²) in [5.41, 5.74) is 0.436. The van der Waals surface area contributed by atoms with Gasteiger partial charge in [0, 0.05) is 6.04 Å². The van der Waals surface area contributed by atoms with Crippen LogP contribution in [0.25, 0.3) is 0 Å². The van der Waals surface area contributed by atoms with Crippen molar-refractivity contribution in [2.75, 3.05) is 25.0 Å². The highest BCUT2D eigenvalue weighted by Gasteiger charge is 2.25. The second-order valence-corrected chi connectivity index (χ2v) is 5.97. The van der Waals surface area contributed by atoms with E-state index < -0.39 is 0 Å². The maximum atomic E-state index is 12.0. The Morgan fingerprint density at radius 3 is 2.70 bits per heavy atom. The summed E-state index contributed by atoms with van der Waals surface area (Å²) >= 11 is 17.7. The minimum absolute atomic E-state index is 0.0602. The number of nitrogens with zero attached hydrogens (tertiary/aromatic N) is 1. The molecule has 1 amide bonds. The van der Waals surface area contributed by atoms with Crippen LogP contribution in [-0.4, -0.2) is 41.7 Å². The zero-order valence-corrected chi connectivity index (χ0v) is 13.0. The van der Waals surface area contributed by atoms with E-state index in [1.54, 1.807) is 0 Å². The Morgan fingerprint density at radius 1 is 1.30 bits per heavy atom. The molecular formula is C13H15Cl3N2O2. The SMILES string of the molecule is O=C(CN1CCCC1CO)Nc1cc(Cl)c(Cl)cc1Cl. The maximum Gasteiger partial charge on any atom is 0.238 e. The predicted molar refractivity (Wildman–Crippen MR) is 81.8 cm³/mol. The van der Waals surface area contributed by atoms with Gasteiger partial charge in [0.25, 0.3) is 0 Å². The van der Waals surface area contributed by atoms with Gasteiger partial charge in [0.1, 0.15) is 0 Å². The van der Waals surface area contributed by atoms with Gasteiger partial charge in [-0.25, -0.2) is 0 Å². The van der Waals surface area contributed by atoms with Crippen LogP contribution in [0, 0.1) is 0 Å². The Hall–Kier alpha value is -0.520. The van der Waals surface area contributed by atoms with E-state index >= 15 is 0 Å². The van der Waals surface area contributed by atoms with Crippen molar-refractivity contribution < 1.29 is 9.90 Å². The molecule has 0 radical (unpaired) electrons. The van der Waals surface area contributed by atoms with Crippen LogP contribution in [0.4, 0.5) is 5.69 Å². The minimum atomic E-state index is -0.189. The lowest BCUT2D eigenvalue weighted by Gasteiger charge is -2.22. The molecule has 7 heteroatoms. The van der Waals surface area contributed by atoms with E-state index in [2.05, 4.69) is 5.32 Å². The summed E-state index contributed by atoms with van der Waals surface area (Å²) in [7, 11) is 0. The summed E-state index contributed by atoms with van der Waals surface area (Å²) in [6.45, 7) is 1.11. The van der Waals surface area contributed by atoms with E-state index in [-0.39, 0.29) is 25.1 Å². The molecule has 1 saturated heterocycles. The van der Waals surface area contributed by atoms with E-state index in [1.807, 2.05) is 4.90 Å². The standard InChI is InChI=1S/C13H15Cl3N2O2/c14-9-4-11(16)12(5-10(9)15)17-13(20)6-18-3-1-2-8(18)7-19/h4-5,8,19H,1-3,6-7H2,(H,17,20). The predicted octanol–water partition coefficient (Wildman–Crippen LogP) is 3.04. The average molecular weight is 338 g/mol. The summed E-state index contributed by atoms with van der Waals surface area (Å²) in [4.78, 5) is 14.0. The van der Waals surface area contributed by atoms with Crippen molar-refractivity contribution in [1.29, 1.82) is 0 Å². The number of aliphatic hydroxyl groups is 1. The van der Waals surface area contributed by atoms with Gasteiger partial charge in [0.05, 0.1) is 33.9 Å². The molecule has 1 heterocycles. The van der Waals surface area contributed by atoms with Crippen molar-refractivity contribution in [2.24, 2.45) is 0 Å². The van der Waals surface area contributed by atoms with Crippen molar-refractivity contribution in [3.8, 4) is 0 Å². The molecule has 0 bridgehead atoms. The summed E-state index contributed by atoms with van der Waals surface area (Å²) in [5.74, 6) is -0.189. The zero-order chi connectivity index (χ0) is 14.7. The second kappa shape index (κ2) is 6.96. The topological polar surface area (TPSA) is 52.6 Å². The monoisotopic (exact) mass is 336 g/mol. The van der Waals surface area contributed by atoms with E-state index in [0.717, 1.165) is 19.4 Å². The van der Waals surface area contributed by atoms with Crippen molar-refractivity contribution in [3.63, 3.8) is 0 Å². The number of hydrogen-bond acceptors (Lipinski definition) is 3. The van der Waals surface area contributed by atoms with Crippen molar-refractivity contribution in [2.45, 2.75) is 18.9 Å². The first kappa shape index (κ1) is 15.9. The number of likely N-dealkylation sites (tertiary alicyclic amines) is 1. The van der Waals surface area contributed by atoms with Crippen LogP contribution in [0.3, 0.4) is 0 Å². The Kier molecular flexibility index (Phi) is 5.52. The van der Waals surface area contributed by atoms with Gasteiger partial charge in [-0.15, -0.1) is 0 Å². The van der Waals surface area contributed by atoms with E-state index in [0.29, 0.717) is 20.8 Å². The van der Waals surface area contributed by atoms with Gasteiger partial charge in [-0.3, -0.25) is 9.69 Å². The number of hydrogen-bond donors (Lipinski definition) is 2. The highest BCUT2D eigenvalue weighted by atomic mass is 35.5. The van der Waals surface area contributed by atoms with Crippen LogP contribution in [0.15, 0.2) is 12.1 Å². The van der Waals surface area contributed by atoms with Crippen molar-refractivity contribution in [3.05, 3.63) is 27.2 Å². The Bertz CT molecular complexity index is 511. The van der Waals surface area contributed by atoms with Crippen LogP contribution in [0.5, 0.6) is 0 Å². The molecule has 1 fully saturated rings. The quantitative estimate of drug-likeness (QED) is 0.830. The molecule has 0 saturated carbocycles. The number of anilines is 1. The minimum Gasteiger partial charge on any atom is -0.395 e. The molecule has 20 heavy (non-hydrogen) atoms. The van der Waals surface area contributed by atoms with Gasteiger partial charge >= 0.3 is 0 Å². The van der Waals surface area contributed by atoms with Crippen LogP contribution in [0.1, 0.15) is 12.8 Å². The largest absolute Gasteiger partial charge is 0.395 e. The van der Waals surface area contributed by atoms with Crippen molar-refractivity contribution in [1.82, 2.24) is 4.90 Å². The Labute approximate surface area is 132 Å². The maximum absolute atomic E-state index is 12.0. The molecular weight excluding hydrogens is 323 g/mol. The molecule has 1 aliphatic rings. The lowest BCUT2D eigenvalue weighted by atomic mass is 10.2. The molecule has 4 nitrogen and oxygen atoms in total. The number of rotatable bonds is 4. The fraction of sp³-hybridized carbons (Fsp3) is 0.462. The van der Waals surface area contributed by atoms with Gasteiger partial charge in [0.2, 0.25) is 5.91 Å². The summed E-state index contributed by atoms with van der Waals surface area (Å²) in [5, 5.41) is 13.0. The number of nitrogens with one attached hydrogen (secondary N) is 1. The second-order valence-electron chi connectivity index (χ2n) is 4.74. The van der Waals surface area contributed by atoms with Gasteiger partial charge in [-0.2, -0.15) is 0 Å². The molecule has 1 aliphatic heterocycles. The first-order valence-electron chi connectivity index (χ1n) is 6.30. The molecule has 110 valence electrons. The van der Waals surface area contributed by atoms with E-state index in [9.17, 15) is 9.90 Å². The molecule has 0 aromatic heterocycles. The van der Waals surface area contributed by atoms with Crippen LogP contribution in [-0.2, 0) is 4.79 Å². The van der Waals surface area contributed by atoms with Crippen LogP contribution < -0.4 is 5.32 Å². The summed E-state index contributed by atoms with van der Waals surface area (Å²) in [6, 6.07) is 3.08. The zero-order valence-electron chi connectivity index (χ0n) is 10.7. The third-order valence-corrected chi connectivity index (χ3v) is 4.38. The molecule has 2 rings (SSSR count). The van der Waals surface area contributed by atoms with Crippen LogP contribution >= 0.6 is 34.8 Å². The van der Waals surface area contributed by atoms with Crippen LogP contribution in [0.2, 0.25) is 15.1 Å². The summed E-state index contributed by atoms with van der Waals surface area (Å²) in [6.07, 6.45) is 1.91. The van der Waals surface area contributed by atoms with Gasteiger partial charge in [0.15, 0.2) is 0 Å². The number of benzene rings is 1. The lowest BCUT2D eigenvalue weighted by Crippen LogP contribution is -2.38. The number of halogens is 3. The molecule has 1 aromatic carbocycles. The van der Waals surface area contributed by atoms with Crippen molar-refractivity contribution >= 4 is 46.4 Å². The number of carbonyl (C=O) groups is 1. The highest BCUT2D eigenvalue weighted by Crippen LogP contribution is 2.32. The molecule has 0 aliphatic carbocycles. The molecule has 0 spiro atoms. The third kappa shape index (κ3) is 3.77. The number of carbonyl (C=O) groups excluding carboxylic acids is 1. The highest BCUT2D eigenvalue weighted by molar-refractivity contribution is 6.44. The normalized spacial score (nSPS) is 19.3. The molecule has 1 unspecified atom stereocenters. The summed E-state index contributed by atoms with van der Waals surface area (Å²) < 4.78 is 0. The third-order valence-electron chi connectivity index (χ3n) is 3.34. The number of aliphatic hydroxyl groups excluding tert-OH is 1. The first-order chi connectivity index (χ1) is 9.51. The molecule has 2 N–H and O–H groups in total. The van der Waals surface area contributed by atoms with Gasteiger partial charge in [-0.1, -0.05) is 34.8 Å². The number of amides is 1. The van der Waals surface area contributed by atoms with Gasteiger partial charge < -0.3 is 10.4 Å². The molecule has 1 atom stereocenters. The lowest BCUT2D eigenvalue weighted by molar-refractivity contribution is -0.117. The fourth-order valence-electron chi connectivity index (χ4n) is 2.30. The van der Waals surface area contributed by atoms with E-state index in [4.69, 9.17) is 34.8 Å². The van der Waals surface area contributed by atoms with Gasteiger partial charge in [-0.05, 0) is 31.5 Å². The molecule has 1 aromatic rings. The fourth-order valence-corrected chi connectivity index (χ4v) is 2.90. The average Bonchev–Trinajstić information content (AvgIpc) is 2.83. The smallest absolute Gasteiger partial charge is 0.238 e. The Balaban J connectivity index is 1.99. The Morgan fingerprint density at radius 2 is 2.00 bits per heavy atom.